The molecule has 0 amide bonds. The normalized spacial score (nSPS) is 13.4. The van der Waals surface area contributed by atoms with Gasteiger partial charge in [0.1, 0.15) is 5.54 Å². The van der Waals surface area contributed by atoms with Gasteiger partial charge in [-0.25, -0.2) is 4.79 Å². The average molecular weight is 283 g/mol. The van der Waals surface area contributed by atoms with E-state index in [1.807, 2.05) is 67.6 Å². The van der Waals surface area contributed by atoms with Crippen LogP contribution in [0, 0.1) is 0 Å². The Bertz CT molecular complexity index is 568. The standard InChI is InChI=1S/C18H21NO2/c1-3-18(17(20)21-2,16-12-8-5-9-13-16)19-14-15-10-6-4-7-11-15/h4-13,19H,3,14H2,1-2H3. The van der Waals surface area contributed by atoms with E-state index >= 15 is 0 Å². The molecule has 0 bridgehead atoms. The van der Waals surface area contributed by atoms with E-state index in [1.54, 1.807) is 0 Å². The van der Waals surface area contributed by atoms with Gasteiger partial charge in [-0.15, -0.1) is 0 Å². The Labute approximate surface area is 126 Å². The first-order valence-corrected chi connectivity index (χ1v) is 7.16. The van der Waals surface area contributed by atoms with Gasteiger partial charge >= 0.3 is 5.97 Å². The third-order valence-corrected chi connectivity index (χ3v) is 3.77. The summed E-state index contributed by atoms with van der Waals surface area (Å²) in [6.07, 6.45) is 0.622. The lowest BCUT2D eigenvalue weighted by atomic mass is 9.87. The number of nitrogens with one attached hydrogen (secondary N) is 1. The molecule has 0 aromatic heterocycles. The zero-order valence-electron chi connectivity index (χ0n) is 12.5. The molecule has 2 rings (SSSR count). The Balaban J connectivity index is 2.30. The molecule has 0 heterocycles. The van der Waals surface area contributed by atoms with E-state index in [-0.39, 0.29) is 5.97 Å². The third-order valence-electron chi connectivity index (χ3n) is 3.77. The van der Waals surface area contributed by atoms with Crippen LogP contribution >= 0.6 is 0 Å². The zero-order valence-corrected chi connectivity index (χ0v) is 12.5. The Morgan fingerprint density at radius 2 is 1.62 bits per heavy atom. The predicted molar refractivity (Wildman–Crippen MR) is 83.7 cm³/mol. The second-order valence-electron chi connectivity index (χ2n) is 4.96. The molecule has 0 spiro atoms. The molecule has 0 saturated heterocycles. The Kier molecular flexibility index (Phi) is 5.12. The molecule has 0 aliphatic heterocycles. The molecule has 110 valence electrons. The maximum Gasteiger partial charge on any atom is 0.330 e. The van der Waals surface area contributed by atoms with Crippen molar-refractivity contribution in [2.24, 2.45) is 0 Å². The van der Waals surface area contributed by atoms with E-state index in [0.29, 0.717) is 13.0 Å². The summed E-state index contributed by atoms with van der Waals surface area (Å²) in [5.41, 5.74) is 1.25. The highest BCUT2D eigenvalue weighted by Crippen LogP contribution is 2.27. The van der Waals surface area contributed by atoms with Crippen LogP contribution in [0.2, 0.25) is 0 Å². The molecule has 2 aromatic carbocycles. The molecule has 2 aromatic rings. The summed E-state index contributed by atoms with van der Waals surface area (Å²) < 4.78 is 5.05. The molecule has 1 N–H and O–H groups in total. The van der Waals surface area contributed by atoms with Crippen LogP contribution in [0.25, 0.3) is 0 Å². The number of hydrogen-bond donors (Lipinski definition) is 1. The lowest BCUT2D eigenvalue weighted by Gasteiger charge is -2.31. The van der Waals surface area contributed by atoms with Gasteiger partial charge in [-0.05, 0) is 17.5 Å². The van der Waals surface area contributed by atoms with Gasteiger partial charge in [-0.2, -0.15) is 0 Å². The highest BCUT2D eigenvalue weighted by molar-refractivity contribution is 5.82. The minimum absolute atomic E-state index is 0.257. The molecule has 0 aliphatic carbocycles. The van der Waals surface area contributed by atoms with Gasteiger partial charge in [-0.3, -0.25) is 5.32 Å². The van der Waals surface area contributed by atoms with E-state index in [4.69, 9.17) is 4.74 Å². The SMILES string of the molecule is CCC(NCc1ccccc1)(C(=O)OC)c1ccccc1. The average Bonchev–Trinajstić information content (AvgIpc) is 2.57. The summed E-state index contributed by atoms with van der Waals surface area (Å²) in [5.74, 6) is -0.257. The minimum Gasteiger partial charge on any atom is -0.467 e. The van der Waals surface area contributed by atoms with Gasteiger partial charge in [-0.1, -0.05) is 67.6 Å². The van der Waals surface area contributed by atoms with Crippen molar-refractivity contribution in [1.82, 2.24) is 5.32 Å². The first-order chi connectivity index (χ1) is 10.2. The molecule has 3 heteroatoms. The number of ether oxygens (including phenoxy) is 1. The fourth-order valence-corrected chi connectivity index (χ4v) is 2.51. The maximum absolute atomic E-state index is 12.4. The van der Waals surface area contributed by atoms with Crippen LogP contribution in [0.3, 0.4) is 0 Å². The van der Waals surface area contributed by atoms with Crippen molar-refractivity contribution < 1.29 is 9.53 Å². The Morgan fingerprint density at radius 1 is 1.05 bits per heavy atom. The number of benzene rings is 2. The van der Waals surface area contributed by atoms with Gasteiger partial charge in [0.15, 0.2) is 0 Å². The lowest BCUT2D eigenvalue weighted by Crippen LogP contribution is -2.49. The van der Waals surface area contributed by atoms with Crippen molar-refractivity contribution in [1.29, 1.82) is 0 Å². The van der Waals surface area contributed by atoms with Crippen molar-refractivity contribution in [2.45, 2.75) is 25.4 Å². The third kappa shape index (κ3) is 3.31. The van der Waals surface area contributed by atoms with E-state index in [1.165, 1.54) is 7.11 Å². The van der Waals surface area contributed by atoms with E-state index in [9.17, 15) is 4.79 Å². The van der Waals surface area contributed by atoms with Crippen LogP contribution in [0.5, 0.6) is 0 Å². The van der Waals surface area contributed by atoms with Crippen LogP contribution in [0.15, 0.2) is 60.7 Å². The lowest BCUT2D eigenvalue weighted by molar-refractivity contribution is -0.149. The summed E-state index contributed by atoms with van der Waals surface area (Å²) in [6, 6.07) is 19.8. The number of esters is 1. The van der Waals surface area contributed by atoms with E-state index in [2.05, 4.69) is 5.32 Å². The van der Waals surface area contributed by atoms with Crippen LogP contribution < -0.4 is 5.32 Å². The van der Waals surface area contributed by atoms with Crippen molar-refractivity contribution >= 4 is 5.97 Å². The number of rotatable bonds is 6. The van der Waals surface area contributed by atoms with Crippen LogP contribution in [0.4, 0.5) is 0 Å². The second-order valence-corrected chi connectivity index (χ2v) is 4.96. The number of carbonyl (C=O) groups excluding carboxylic acids is 1. The summed E-state index contributed by atoms with van der Waals surface area (Å²) in [4.78, 5) is 12.4. The highest BCUT2D eigenvalue weighted by Gasteiger charge is 2.39. The molecule has 0 radical (unpaired) electrons. The summed E-state index contributed by atoms with van der Waals surface area (Å²) in [6.45, 7) is 2.60. The topological polar surface area (TPSA) is 38.3 Å². The van der Waals surface area contributed by atoms with Crippen LogP contribution in [-0.2, 0) is 21.6 Å². The predicted octanol–water partition coefficient (Wildman–Crippen LogP) is 3.25. The molecular weight excluding hydrogens is 262 g/mol. The maximum atomic E-state index is 12.4. The number of methoxy groups -OCH3 is 1. The van der Waals surface area contributed by atoms with E-state index in [0.717, 1.165) is 11.1 Å². The molecule has 1 atom stereocenters. The van der Waals surface area contributed by atoms with Crippen molar-refractivity contribution in [3.63, 3.8) is 0 Å². The van der Waals surface area contributed by atoms with Gasteiger partial charge in [0.25, 0.3) is 0 Å². The number of carbonyl (C=O) groups is 1. The van der Waals surface area contributed by atoms with Crippen molar-refractivity contribution in [3.05, 3.63) is 71.8 Å². The second kappa shape index (κ2) is 7.04. The largest absolute Gasteiger partial charge is 0.467 e. The quantitative estimate of drug-likeness (QED) is 0.827. The zero-order chi connectivity index (χ0) is 15.1. The molecule has 21 heavy (non-hydrogen) atoms. The monoisotopic (exact) mass is 283 g/mol. The van der Waals surface area contributed by atoms with Crippen LogP contribution in [-0.4, -0.2) is 13.1 Å². The fraction of sp³-hybridized carbons (Fsp3) is 0.278. The Hall–Kier alpha value is -2.13. The fourth-order valence-electron chi connectivity index (χ4n) is 2.51. The van der Waals surface area contributed by atoms with Gasteiger partial charge in [0.2, 0.25) is 0 Å². The molecular formula is C18H21NO2. The van der Waals surface area contributed by atoms with Crippen molar-refractivity contribution in [3.8, 4) is 0 Å². The molecule has 1 unspecified atom stereocenters. The van der Waals surface area contributed by atoms with E-state index < -0.39 is 5.54 Å². The van der Waals surface area contributed by atoms with Gasteiger partial charge < -0.3 is 4.74 Å². The molecule has 0 fully saturated rings. The minimum atomic E-state index is -0.814. The summed E-state index contributed by atoms with van der Waals surface area (Å²) >= 11 is 0. The van der Waals surface area contributed by atoms with Gasteiger partial charge in [0.05, 0.1) is 7.11 Å². The first kappa shape index (κ1) is 15.3. The molecule has 3 nitrogen and oxygen atoms in total. The number of hydrogen-bond acceptors (Lipinski definition) is 3. The summed E-state index contributed by atoms with van der Waals surface area (Å²) in [5, 5.41) is 3.39. The van der Waals surface area contributed by atoms with Crippen LogP contribution in [0.1, 0.15) is 24.5 Å². The first-order valence-electron chi connectivity index (χ1n) is 7.16. The smallest absolute Gasteiger partial charge is 0.330 e. The highest BCUT2D eigenvalue weighted by atomic mass is 16.5. The Morgan fingerprint density at radius 3 is 2.14 bits per heavy atom. The molecule has 0 aliphatic rings. The molecule has 0 saturated carbocycles. The van der Waals surface area contributed by atoms with Gasteiger partial charge in [0, 0.05) is 6.54 Å². The van der Waals surface area contributed by atoms with Crippen molar-refractivity contribution in [2.75, 3.05) is 7.11 Å². The summed E-state index contributed by atoms with van der Waals surface area (Å²) in [7, 11) is 1.43.